The average Bonchev–Trinajstić information content (AvgIpc) is 2.28. The van der Waals surface area contributed by atoms with Crippen LogP contribution in [0.2, 0.25) is 0 Å². The van der Waals surface area contributed by atoms with Crippen LogP contribution in [0.3, 0.4) is 0 Å². The molecular weight excluding hydrogens is 220 g/mol. The van der Waals surface area contributed by atoms with Crippen molar-refractivity contribution in [3.63, 3.8) is 0 Å². The normalized spacial score (nSPS) is 21.8. The van der Waals surface area contributed by atoms with Gasteiger partial charge >= 0.3 is 6.03 Å². The van der Waals surface area contributed by atoms with Crippen molar-refractivity contribution in [1.82, 2.24) is 10.2 Å². The molecule has 1 fully saturated rings. The highest BCUT2D eigenvalue weighted by atomic mass is 16.2. The largest absolute Gasteiger partial charge is 0.351 e. The van der Waals surface area contributed by atoms with Gasteiger partial charge in [0.25, 0.3) is 0 Å². The summed E-state index contributed by atoms with van der Waals surface area (Å²) in [6.45, 7) is 6.26. The minimum absolute atomic E-state index is 0.177. The summed E-state index contributed by atoms with van der Waals surface area (Å²) in [6, 6.07) is -1.13. The molecule has 0 aromatic rings. The average molecular weight is 242 g/mol. The Balaban J connectivity index is 2.48. The first-order valence-corrected chi connectivity index (χ1v) is 5.92. The minimum atomic E-state index is -0.800. The second-order valence-electron chi connectivity index (χ2n) is 5.08. The number of rotatable bonds is 3. The van der Waals surface area contributed by atoms with Crippen LogP contribution in [0.25, 0.3) is 0 Å². The van der Waals surface area contributed by atoms with E-state index in [-0.39, 0.29) is 17.4 Å². The monoisotopic (exact) mass is 242 g/mol. The van der Waals surface area contributed by atoms with Crippen LogP contribution >= 0.6 is 0 Å². The van der Waals surface area contributed by atoms with Gasteiger partial charge in [-0.15, -0.1) is 0 Å². The molecule has 1 unspecified atom stereocenters. The molecule has 1 rings (SSSR count). The third-order valence-electron chi connectivity index (χ3n) is 3.67. The lowest BCUT2D eigenvalue weighted by molar-refractivity contribution is -0.125. The van der Waals surface area contributed by atoms with Gasteiger partial charge < -0.3 is 11.5 Å². The number of primary amides is 1. The van der Waals surface area contributed by atoms with Gasteiger partial charge in [0.2, 0.25) is 5.91 Å². The number of nitrogens with two attached hydrogens (primary N) is 2. The Morgan fingerprint density at radius 2 is 1.94 bits per heavy atom. The Morgan fingerprint density at radius 1 is 1.41 bits per heavy atom. The molecule has 1 heterocycles. The lowest BCUT2D eigenvalue weighted by atomic mass is 9.80. The molecule has 6 heteroatoms. The van der Waals surface area contributed by atoms with Crippen LogP contribution in [0.1, 0.15) is 26.7 Å². The number of likely N-dealkylation sites (tertiary alicyclic amines) is 1. The Hall–Kier alpha value is -1.14. The summed E-state index contributed by atoms with van der Waals surface area (Å²) < 4.78 is 0. The van der Waals surface area contributed by atoms with E-state index in [9.17, 15) is 9.59 Å². The van der Waals surface area contributed by atoms with E-state index in [2.05, 4.69) is 17.1 Å². The fourth-order valence-corrected chi connectivity index (χ4v) is 2.05. The van der Waals surface area contributed by atoms with Crippen molar-refractivity contribution in [1.29, 1.82) is 0 Å². The first-order chi connectivity index (χ1) is 7.88. The number of carbonyl (C=O) groups excluding carboxylic acids is 2. The summed E-state index contributed by atoms with van der Waals surface area (Å²) in [6.07, 6.45) is 1.94. The SMILES string of the molecule is CC(C(=O)NC(N)=O)N1CCC(C)(CN)CC1. The van der Waals surface area contributed by atoms with Crippen molar-refractivity contribution in [3.8, 4) is 0 Å². The molecule has 0 saturated carbocycles. The van der Waals surface area contributed by atoms with Crippen LogP contribution in [0.15, 0.2) is 0 Å². The molecule has 1 aliphatic rings. The third kappa shape index (κ3) is 3.67. The summed E-state index contributed by atoms with van der Waals surface area (Å²) >= 11 is 0. The first-order valence-electron chi connectivity index (χ1n) is 5.92. The molecule has 1 aliphatic heterocycles. The van der Waals surface area contributed by atoms with E-state index in [1.54, 1.807) is 6.92 Å². The van der Waals surface area contributed by atoms with Crippen LogP contribution < -0.4 is 16.8 Å². The number of nitrogens with one attached hydrogen (secondary N) is 1. The third-order valence-corrected chi connectivity index (χ3v) is 3.67. The van der Waals surface area contributed by atoms with E-state index >= 15 is 0 Å². The number of urea groups is 1. The van der Waals surface area contributed by atoms with Crippen LogP contribution in [-0.2, 0) is 4.79 Å². The zero-order chi connectivity index (χ0) is 13.1. The number of hydrogen-bond donors (Lipinski definition) is 3. The zero-order valence-electron chi connectivity index (χ0n) is 10.5. The number of piperidine rings is 1. The topological polar surface area (TPSA) is 101 Å². The van der Waals surface area contributed by atoms with Crippen molar-refractivity contribution < 1.29 is 9.59 Å². The van der Waals surface area contributed by atoms with E-state index in [1.165, 1.54) is 0 Å². The highest BCUT2D eigenvalue weighted by Gasteiger charge is 2.32. The minimum Gasteiger partial charge on any atom is -0.351 e. The predicted octanol–water partition coefficient (Wildman–Crippen LogP) is -0.369. The fourth-order valence-electron chi connectivity index (χ4n) is 2.05. The maximum atomic E-state index is 11.6. The Bertz CT molecular complexity index is 298. The van der Waals surface area contributed by atoms with Gasteiger partial charge in [-0.1, -0.05) is 6.92 Å². The van der Waals surface area contributed by atoms with E-state index in [4.69, 9.17) is 11.5 Å². The van der Waals surface area contributed by atoms with E-state index in [0.29, 0.717) is 6.54 Å². The van der Waals surface area contributed by atoms with Crippen molar-refractivity contribution in [2.45, 2.75) is 32.7 Å². The summed E-state index contributed by atoms with van der Waals surface area (Å²) in [5.41, 5.74) is 10.8. The molecule has 0 aromatic heterocycles. The van der Waals surface area contributed by atoms with E-state index < -0.39 is 6.03 Å². The quantitative estimate of drug-likeness (QED) is 0.628. The number of imide groups is 1. The van der Waals surface area contributed by atoms with Gasteiger partial charge in [0.1, 0.15) is 0 Å². The maximum absolute atomic E-state index is 11.6. The predicted molar refractivity (Wildman–Crippen MR) is 65.2 cm³/mol. The van der Waals surface area contributed by atoms with Crippen LogP contribution in [0, 0.1) is 5.41 Å². The maximum Gasteiger partial charge on any atom is 0.318 e. The zero-order valence-corrected chi connectivity index (χ0v) is 10.5. The standard InChI is InChI=1S/C11H22N4O2/c1-8(9(16)14-10(13)17)15-5-3-11(2,7-12)4-6-15/h8H,3-7,12H2,1-2H3,(H3,13,14,16,17). The van der Waals surface area contributed by atoms with Gasteiger partial charge in [0, 0.05) is 0 Å². The van der Waals surface area contributed by atoms with Gasteiger partial charge in [-0.2, -0.15) is 0 Å². The molecule has 3 amide bonds. The molecule has 17 heavy (non-hydrogen) atoms. The van der Waals surface area contributed by atoms with Crippen LogP contribution in [0.5, 0.6) is 0 Å². The first kappa shape index (κ1) is 13.9. The number of nitrogens with zero attached hydrogens (tertiary/aromatic N) is 1. The molecule has 0 bridgehead atoms. The summed E-state index contributed by atoms with van der Waals surface area (Å²) in [4.78, 5) is 24.3. The second kappa shape index (κ2) is 5.46. The molecule has 0 aromatic carbocycles. The van der Waals surface area contributed by atoms with Gasteiger partial charge in [0.15, 0.2) is 0 Å². The van der Waals surface area contributed by atoms with Crippen molar-refractivity contribution >= 4 is 11.9 Å². The molecule has 1 saturated heterocycles. The number of hydrogen-bond acceptors (Lipinski definition) is 4. The summed E-state index contributed by atoms with van der Waals surface area (Å²) in [5, 5.41) is 2.11. The molecular formula is C11H22N4O2. The Labute approximate surface area is 102 Å². The van der Waals surface area contributed by atoms with Gasteiger partial charge in [-0.05, 0) is 44.8 Å². The van der Waals surface area contributed by atoms with Gasteiger partial charge in [-0.3, -0.25) is 15.0 Å². The second-order valence-corrected chi connectivity index (χ2v) is 5.08. The molecule has 0 radical (unpaired) electrons. The molecule has 6 nitrogen and oxygen atoms in total. The number of amides is 3. The molecule has 98 valence electrons. The molecule has 0 aliphatic carbocycles. The Morgan fingerprint density at radius 3 is 2.35 bits per heavy atom. The lowest BCUT2D eigenvalue weighted by Crippen LogP contribution is -2.52. The summed E-state index contributed by atoms with van der Waals surface area (Å²) in [7, 11) is 0. The summed E-state index contributed by atoms with van der Waals surface area (Å²) in [5.74, 6) is -0.339. The smallest absolute Gasteiger partial charge is 0.318 e. The molecule has 5 N–H and O–H groups in total. The fraction of sp³-hybridized carbons (Fsp3) is 0.818. The lowest BCUT2D eigenvalue weighted by Gasteiger charge is -2.40. The van der Waals surface area contributed by atoms with Crippen molar-refractivity contribution in [2.75, 3.05) is 19.6 Å². The Kier molecular flexibility index (Phi) is 4.47. The number of carbonyl (C=O) groups is 2. The van der Waals surface area contributed by atoms with Crippen molar-refractivity contribution in [2.24, 2.45) is 16.9 Å². The van der Waals surface area contributed by atoms with Crippen molar-refractivity contribution in [3.05, 3.63) is 0 Å². The van der Waals surface area contributed by atoms with Crippen LogP contribution in [-0.4, -0.2) is 42.5 Å². The van der Waals surface area contributed by atoms with Gasteiger partial charge in [0.05, 0.1) is 6.04 Å². The van der Waals surface area contributed by atoms with E-state index in [1.807, 2.05) is 0 Å². The highest BCUT2D eigenvalue weighted by molar-refractivity contribution is 5.96. The van der Waals surface area contributed by atoms with Crippen LogP contribution in [0.4, 0.5) is 4.79 Å². The molecule has 1 atom stereocenters. The molecule has 0 spiro atoms. The van der Waals surface area contributed by atoms with Gasteiger partial charge in [-0.25, -0.2) is 4.79 Å². The highest BCUT2D eigenvalue weighted by Crippen LogP contribution is 2.30. The van der Waals surface area contributed by atoms with E-state index in [0.717, 1.165) is 25.9 Å².